The van der Waals surface area contributed by atoms with E-state index in [2.05, 4.69) is 15.5 Å². The predicted octanol–water partition coefficient (Wildman–Crippen LogP) is 4.14. The van der Waals surface area contributed by atoms with Gasteiger partial charge in [0.25, 0.3) is 0 Å². The minimum Gasteiger partial charge on any atom is -0.394 e. The van der Waals surface area contributed by atoms with Crippen molar-refractivity contribution in [1.82, 2.24) is 9.88 Å². The Hall–Kier alpha value is -3.39. The molecule has 2 aliphatic heterocycles. The number of hydrogen-bond acceptors (Lipinski definition) is 5. The first-order valence-corrected chi connectivity index (χ1v) is 11.3. The van der Waals surface area contributed by atoms with E-state index in [1.807, 2.05) is 43.5 Å². The lowest BCUT2D eigenvalue weighted by molar-refractivity contribution is 0.231. The van der Waals surface area contributed by atoms with Crippen LogP contribution in [0.5, 0.6) is 0 Å². The Balaban J connectivity index is 1.52. The quantitative estimate of drug-likeness (QED) is 0.590. The van der Waals surface area contributed by atoms with Gasteiger partial charge < -0.3 is 20.6 Å². The highest BCUT2D eigenvalue weighted by molar-refractivity contribution is 5.93. The molecule has 4 rings (SSSR count). The second-order valence-corrected chi connectivity index (χ2v) is 8.40. The normalized spacial score (nSPS) is 17.8. The molecule has 0 unspecified atom stereocenters. The zero-order chi connectivity index (χ0) is 23.2. The van der Waals surface area contributed by atoms with Crippen LogP contribution >= 0.6 is 0 Å². The van der Waals surface area contributed by atoms with Gasteiger partial charge >= 0.3 is 6.03 Å². The number of nitrogens with one attached hydrogen (secondary N) is 2. The maximum atomic E-state index is 13.5. The second kappa shape index (κ2) is 10.5. The van der Waals surface area contributed by atoms with E-state index in [1.165, 1.54) is 12.1 Å². The number of benzene rings is 1. The summed E-state index contributed by atoms with van der Waals surface area (Å²) in [4.78, 5) is 21.3. The molecule has 0 spiro atoms. The molecular weight excluding hydrogens is 421 g/mol. The van der Waals surface area contributed by atoms with E-state index in [0.717, 1.165) is 36.3 Å². The van der Waals surface area contributed by atoms with Gasteiger partial charge in [-0.15, -0.1) is 0 Å². The molecule has 1 fully saturated rings. The average Bonchev–Trinajstić information content (AvgIpc) is 3.29. The van der Waals surface area contributed by atoms with Gasteiger partial charge in [0.2, 0.25) is 0 Å². The highest BCUT2D eigenvalue weighted by Crippen LogP contribution is 2.29. The van der Waals surface area contributed by atoms with Crippen molar-refractivity contribution in [1.29, 1.82) is 0 Å². The van der Waals surface area contributed by atoms with Crippen molar-refractivity contribution in [3.63, 3.8) is 0 Å². The van der Waals surface area contributed by atoms with Crippen molar-refractivity contribution in [2.45, 2.75) is 32.2 Å². The number of amides is 2. The lowest BCUT2D eigenvalue weighted by atomic mass is 10.1. The van der Waals surface area contributed by atoms with Gasteiger partial charge in [-0.3, -0.25) is 4.90 Å². The molecular formula is C25H30FN5O2. The van der Waals surface area contributed by atoms with Crippen molar-refractivity contribution >= 4 is 23.4 Å². The molecule has 3 heterocycles. The Kier molecular flexibility index (Phi) is 7.24. The Bertz CT molecular complexity index is 1050. The van der Waals surface area contributed by atoms with Gasteiger partial charge in [-0.2, -0.15) is 0 Å². The van der Waals surface area contributed by atoms with Crippen molar-refractivity contribution < 1.29 is 14.3 Å². The van der Waals surface area contributed by atoms with E-state index in [0.29, 0.717) is 31.0 Å². The first-order valence-electron chi connectivity index (χ1n) is 11.3. The summed E-state index contributed by atoms with van der Waals surface area (Å²) in [6.07, 6.45) is 8.27. The Morgan fingerprint density at radius 1 is 1.30 bits per heavy atom. The number of allylic oxidation sites excluding steroid dienone is 2. The maximum Gasteiger partial charge on any atom is 0.326 e. The molecule has 3 N–H and O–H groups in total. The fourth-order valence-corrected chi connectivity index (χ4v) is 4.21. The van der Waals surface area contributed by atoms with Crippen LogP contribution in [0.2, 0.25) is 0 Å². The summed E-state index contributed by atoms with van der Waals surface area (Å²) in [6, 6.07) is 10.0. The number of urea groups is 1. The fourth-order valence-electron chi connectivity index (χ4n) is 4.21. The SMILES string of the molecule is CC1=CN(C(=O)Nc2ccc(N3CCC[C@@H]3CO)nc2NCCc2cccc(F)c2)CC=C1. The zero-order valence-electron chi connectivity index (χ0n) is 18.8. The van der Waals surface area contributed by atoms with E-state index in [4.69, 9.17) is 4.98 Å². The number of aliphatic hydroxyl groups excluding tert-OH is 1. The van der Waals surface area contributed by atoms with Gasteiger partial charge in [0.1, 0.15) is 11.6 Å². The monoisotopic (exact) mass is 451 g/mol. The number of pyridine rings is 1. The first-order chi connectivity index (χ1) is 16.0. The lowest BCUT2D eigenvalue weighted by Gasteiger charge is -2.26. The van der Waals surface area contributed by atoms with Crippen LogP contribution in [-0.4, -0.2) is 53.3 Å². The molecule has 8 heteroatoms. The van der Waals surface area contributed by atoms with Gasteiger partial charge in [-0.1, -0.05) is 24.3 Å². The van der Waals surface area contributed by atoms with Crippen LogP contribution in [0.15, 0.2) is 60.3 Å². The van der Waals surface area contributed by atoms with Crippen LogP contribution in [-0.2, 0) is 6.42 Å². The van der Waals surface area contributed by atoms with E-state index in [1.54, 1.807) is 11.0 Å². The Morgan fingerprint density at radius 2 is 2.18 bits per heavy atom. The van der Waals surface area contributed by atoms with Crippen LogP contribution in [0.1, 0.15) is 25.3 Å². The topological polar surface area (TPSA) is 80.7 Å². The molecule has 0 radical (unpaired) electrons. The molecule has 0 bridgehead atoms. The summed E-state index contributed by atoms with van der Waals surface area (Å²) in [5.41, 5.74) is 2.45. The molecule has 174 valence electrons. The van der Waals surface area contributed by atoms with Gasteiger partial charge in [0.05, 0.1) is 18.3 Å². The molecule has 1 atom stereocenters. The first kappa shape index (κ1) is 22.8. The third-order valence-electron chi connectivity index (χ3n) is 5.90. The van der Waals surface area contributed by atoms with Crippen LogP contribution in [0.25, 0.3) is 0 Å². The highest BCUT2D eigenvalue weighted by Gasteiger charge is 2.26. The summed E-state index contributed by atoms with van der Waals surface area (Å²) in [5, 5.41) is 16.0. The van der Waals surface area contributed by atoms with Crippen LogP contribution in [0.3, 0.4) is 0 Å². The van der Waals surface area contributed by atoms with E-state index in [-0.39, 0.29) is 24.5 Å². The summed E-state index contributed by atoms with van der Waals surface area (Å²) in [6.45, 7) is 3.88. The number of anilines is 3. The summed E-state index contributed by atoms with van der Waals surface area (Å²) < 4.78 is 13.5. The molecule has 0 saturated carbocycles. The Labute approximate surface area is 193 Å². The zero-order valence-corrected chi connectivity index (χ0v) is 18.8. The second-order valence-electron chi connectivity index (χ2n) is 8.40. The van der Waals surface area contributed by atoms with E-state index >= 15 is 0 Å². The molecule has 2 aliphatic rings. The highest BCUT2D eigenvalue weighted by atomic mass is 19.1. The number of carbonyl (C=O) groups is 1. The van der Waals surface area contributed by atoms with Crippen molar-refractivity contribution in [2.24, 2.45) is 0 Å². The average molecular weight is 452 g/mol. The molecule has 0 aliphatic carbocycles. The molecule has 1 aromatic carbocycles. The summed E-state index contributed by atoms with van der Waals surface area (Å²) >= 11 is 0. The maximum absolute atomic E-state index is 13.5. The number of aromatic nitrogens is 1. The molecule has 1 saturated heterocycles. The molecule has 7 nitrogen and oxygen atoms in total. The molecule has 1 aromatic heterocycles. The van der Waals surface area contributed by atoms with Crippen LogP contribution in [0, 0.1) is 5.82 Å². The molecule has 2 amide bonds. The van der Waals surface area contributed by atoms with Crippen LogP contribution in [0.4, 0.5) is 26.5 Å². The predicted molar refractivity (Wildman–Crippen MR) is 129 cm³/mol. The summed E-state index contributed by atoms with van der Waals surface area (Å²) in [7, 11) is 0. The third kappa shape index (κ3) is 5.70. The van der Waals surface area contributed by atoms with Crippen molar-refractivity contribution in [2.75, 3.05) is 41.8 Å². The minimum absolute atomic E-state index is 0.0475. The molecule has 33 heavy (non-hydrogen) atoms. The number of rotatable bonds is 7. The minimum atomic E-state index is -0.261. The fraction of sp³-hybridized carbons (Fsp3) is 0.360. The van der Waals surface area contributed by atoms with Crippen molar-refractivity contribution in [3.8, 4) is 0 Å². The lowest BCUT2D eigenvalue weighted by Crippen LogP contribution is -2.34. The van der Waals surface area contributed by atoms with Gasteiger partial charge in [-0.25, -0.2) is 14.2 Å². The number of hydrogen-bond donors (Lipinski definition) is 3. The van der Waals surface area contributed by atoms with Gasteiger partial charge in [0, 0.05) is 25.8 Å². The van der Waals surface area contributed by atoms with E-state index < -0.39 is 0 Å². The van der Waals surface area contributed by atoms with Crippen molar-refractivity contribution in [3.05, 3.63) is 71.7 Å². The summed E-state index contributed by atoms with van der Waals surface area (Å²) in [5.74, 6) is 1.05. The number of halogens is 1. The Morgan fingerprint density at radius 3 is 2.97 bits per heavy atom. The number of carbonyl (C=O) groups excluding carboxylic acids is 1. The number of nitrogens with zero attached hydrogens (tertiary/aromatic N) is 3. The number of aliphatic hydroxyl groups is 1. The van der Waals surface area contributed by atoms with Crippen LogP contribution < -0.4 is 15.5 Å². The van der Waals surface area contributed by atoms with Gasteiger partial charge in [-0.05, 0) is 61.6 Å². The molecule has 2 aromatic rings. The standard InChI is InChI=1S/C25H30FN5O2/c1-18-5-3-13-30(16-18)25(33)28-22-9-10-23(31-14-4-8-21(31)17-32)29-24(22)27-12-11-19-6-2-7-20(26)15-19/h2-3,5-7,9-10,15-16,21,32H,4,8,11-14,17H2,1H3,(H,27,29)(H,28,33)/t21-/m1/s1. The smallest absolute Gasteiger partial charge is 0.326 e. The largest absolute Gasteiger partial charge is 0.394 e. The van der Waals surface area contributed by atoms with Gasteiger partial charge in [0.15, 0.2) is 5.82 Å². The van der Waals surface area contributed by atoms with E-state index in [9.17, 15) is 14.3 Å². The third-order valence-corrected chi connectivity index (χ3v) is 5.90.